The van der Waals surface area contributed by atoms with Crippen LogP contribution in [0, 0.1) is 20.8 Å². The Bertz CT molecular complexity index is 902. The maximum atomic E-state index is 12.5. The molecule has 7 heteroatoms. The van der Waals surface area contributed by atoms with Gasteiger partial charge in [0.25, 0.3) is 5.91 Å². The number of anilines is 1. The highest BCUT2D eigenvalue weighted by atomic mass is 16.5. The van der Waals surface area contributed by atoms with Crippen LogP contribution in [0.2, 0.25) is 0 Å². The van der Waals surface area contributed by atoms with E-state index in [0.717, 1.165) is 42.0 Å². The summed E-state index contributed by atoms with van der Waals surface area (Å²) >= 11 is 0. The number of amides is 1. The molecule has 2 aromatic carbocycles. The van der Waals surface area contributed by atoms with Crippen molar-refractivity contribution in [2.75, 3.05) is 52.4 Å². The van der Waals surface area contributed by atoms with E-state index in [9.17, 15) is 4.79 Å². The standard InChI is InChI=1S/C25H34N2O5/c1-17-10-18(2)25(19(3)11-17)26-24(28)16-32-22-7-6-20(12-23(22)30-5)13-27-14-21(15-27)31-9-8-29-4/h6-7,10-12,21H,8-9,13-16H2,1-5H3,(H,26,28). The Kier molecular flexibility index (Phi) is 8.50. The molecule has 0 saturated carbocycles. The topological polar surface area (TPSA) is 69.3 Å². The molecule has 1 aliphatic heterocycles. The molecule has 1 amide bonds. The van der Waals surface area contributed by atoms with Gasteiger partial charge in [0.15, 0.2) is 18.1 Å². The fourth-order valence-corrected chi connectivity index (χ4v) is 3.94. The van der Waals surface area contributed by atoms with Crippen LogP contribution in [0.4, 0.5) is 5.69 Å². The van der Waals surface area contributed by atoms with Gasteiger partial charge in [0.2, 0.25) is 0 Å². The zero-order valence-electron chi connectivity index (χ0n) is 19.7. The summed E-state index contributed by atoms with van der Waals surface area (Å²) in [5, 5.41) is 2.96. The molecule has 0 atom stereocenters. The van der Waals surface area contributed by atoms with Crippen molar-refractivity contribution < 1.29 is 23.7 Å². The van der Waals surface area contributed by atoms with E-state index in [1.54, 1.807) is 14.2 Å². The second-order valence-corrected chi connectivity index (χ2v) is 8.28. The van der Waals surface area contributed by atoms with Gasteiger partial charge in [-0.2, -0.15) is 0 Å². The number of aryl methyl sites for hydroxylation is 3. The average Bonchev–Trinajstić information content (AvgIpc) is 2.73. The van der Waals surface area contributed by atoms with Crippen molar-refractivity contribution in [1.29, 1.82) is 0 Å². The Morgan fingerprint density at radius 2 is 1.75 bits per heavy atom. The number of rotatable bonds is 11. The average molecular weight is 443 g/mol. The van der Waals surface area contributed by atoms with E-state index in [-0.39, 0.29) is 18.6 Å². The summed E-state index contributed by atoms with van der Waals surface area (Å²) in [5.74, 6) is 0.964. The first-order valence-corrected chi connectivity index (χ1v) is 10.9. The second kappa shape index (κ2) is 11.3. The van der Waals surface area contributed by atoms with Gasteiger partial charge in [-0.05, 0) is 49.6 Å². The molecule has 0 aliphatic carbocycles. The minimum atomic E-state index is -0.203. The largest absolute Gasteiger partial charge is 0.493 e. The summed E-state index contributed by atoms with van der Waals surface area (Å²) in [7, 11) is 3.28. The maximum absolute atomic E-state index is 12.5. The molecule has 0 unspecified atom stereocenters. The molecule has 0 bridgehead atoms. The van der Waals surface area contributed by atoms with Crippen molar-refractivity contribution in [2.45, 2.75) is 33.4 Å². The molecule has 0 aromatic heterocycles. The Balaban J connectivity index is 1.50. The van der Waals surface area contributed by atoms with Crippen molar-refractivity contribution in [2.24, 2.45) is 0 Å². The van der Waals surface area contributed by atoms with E-state index < -0.39 is 0 Å². The lowest BCUT2D eigenvalue weighted by Crippen LogP contribution is -2.51. The van der Waals surface area contributed by atoms with Crippen LogP contribution in [0.25, 0.3) is 0 Å². The Labute approximate surface area is 190 Å². The van der Waals surface area contributed by atoms with Crippen molar-refractivity contribution in [1.82, 2.24) is 4.90 Å². The maximum Gasteiger partial charge on any atom is 0.262 e. The van der Waals surface area contributed by atoms with Crippen molar-refractivity contribution in [3.05, 3.63) is 52.6 Å². The molecular formula is C25H34N2O5. The SMILES string of the molecule is COCCOC1CN(Cc2ccc(OCC(=O)Nc3c(C)cc(C)cc3C)c(OC)c2)C1. The Morgan fingerprint density at radius 3 is 2.41 bits per heavy atom. The van der Waals surface area contributed by atoms with Gasteiger partial charge in [0.05, 0.1) is 26.4 Å². The van der Waals surface area contributed by atoms with Crippen molar-refractivity contribution in [3.8, 4) is 11.5 Å². The summed E-state index contributed by atoms with van der Waals surface area (Å²) < 4.78 is 22.0. The quantitative estimate of drug-likeness (QED) is 0.538. The van der Waals surface area contributed by atoms with E-state index in [1.165, 1.54) is 5.56 Å². The third-order valence-electron chi connectivity index (χ3n) is 5.50. The van der Waals surface area contributed by atoms with Gasteiger partial charge in [-0.15, -0.1) is 0 Å². The van der Waals surface area contributed by atoms with E-state index in [1.807, 2.05) is 39.0 Å². The minimum absolute atomic E-state index is 0.0882. The lowest BCUT2D eigenvalue weighted by atomic mass is 10.1. The number of carbonyl (C=O) groups excluding carboxylic acids is 1. The number of carbonyl (C=O) groups is 1. The molecule has 32 heavy (non-hydrogen) atoms. The van der Waals surface area contributed by atoms with E-state index in [0.29, 0.717) is 24.7 Å². The lowest BCUT2D eigenvalue weighted by Gasteiger charge is -2.39. The van der Waals surface area contributed by atoms with Gasteiger partial charge >= 0.3 is 0 Å². The smallest absolute Gasteiger partial charge is 0.262 e. The molecule has 1 N–H and O–H groups in total. The molecule has 0 spiro atoms. The number of likely N-dealkylation sites (tertiary alicyclic amines) is 1. The predicted molar refractivity (Wildman–Crippen MR) is 125 cm³/mol. The minimum Gasteiger partial charge on any atom is -0.493 e. The molecule has 1 saturated heterocycles. The lowest BCUT2D eigenvalue weighted by molar-refractivity contribution is -0.118. The highest BCUT2D eigenvalue weighted by molar-refractivity contribution is 5.93. The van der Waals surface area contributed by atoms with E-state index >= 15 is 0 Å². The number of nitrogens with zero attached hydrogens (tertiary/aromatic N) is 1. The van der Waals surface area contributed by atoms with Gasteiger partial charge in [-0.25, -0.2) is 0 Å². The number of benzene rings is 2. The summed E-state index contributed by atoms with van der Waals surface area (Å²) in [6.45, 7) is 9.81. The Hall–Kier alpha value is -2.61. The first kappa shape index (κ1) is 24.0. The predicted octanol–water partition coefficient (Wildman–Crippen LogP) is 3.49. The van der Waals surface area contributed by atoms with Crippen LogP contribution in [0.3, 0.4) is 0 Å². The van der Waals surface area contributed by atoms with Crippen molar-refractivity contribution in [3.63, 3.8) is 0 Å². The third kappa shape index (κ3) is 6.45. The van der Waals surface area contributed by atoms with Crippen LogP contribution in [0.5, 0.6) is 11.5 Å². The summed E-state index contributed by atoms with van der Waals surface area (Å²) in [6.07, 6.45) is 0.272. The molecule has 1 fully saturated rings. The van der Waals surface area contributed by atoms with Crippen LogP contribution in [-0.4, -0.2) is 64.0 Å². The van der Waals surface area contributed by atoms with Crippen molar-refractivity contribution >= 4 is 11.6 Å². The summed E-state index contributed by atoms with van der Waals surface area (Å²) in [5.41, 5.74) is 5.21. The summed E-state index contributed by atoms with van der Waals surface area (Å²) in [6, 6.07) is 9.93. The highest BCUT2D eigenvalue weighted by Crippen LogP contribution is 2.29. The molecule has 2 aromatic rings. The number of methoxy groups -OCH3 is 2. The van der Waals surface area contributed by atoms with Gasteiger partial charge in [0, 0.05) is 32.4 Å². The van der Waals surface area contributed by atoms with E-state index in [2.05, 4.69) is 22.3 Å². The zero-order chi connectivity index (χ0) is 23.1. The Morgan fingerprint density at radius 1 is 1.03 bits per heavy atom. The molecule has 1 heterocycles. The molecule has 174 valence electrons. The highest BCUT2D eigenvalue weighted by Gasteiger charge is 2.27. The van der Waals surface area contributed by atoms with Crippen LogP contribution >= 0.6 is 0 Å². The molecule has 7 nitrogen and oxygen atoms in total. The number of nitrogens with one attached hydrogen (secondary N) is 1. The van der Waals surface area contributed by atoms with Crippen LogP contribution in [0.15, 0.2) is 30.3 Å². The zero-order valence-corrected chi connectivity index (χ0v) is 19.7. The first-order valence-electron chi connectivity index (χ1n) is 10.9. The first-order chi connectivity index (χ1) is 15.4. The van der Waals surface area contributed by atoms with Crippen LogP contribution in [0.1, 0.15) is 22.3 Å². The molecular weight excluding hydrogens is 408 g/mol. The normalized spacial score (nSPS) is 14.2. The molecule has 3 rings (SSSR count). The molecule has 0 radical (unpaired) electrons. The number of hydrogen-bond acceptors (Lipinski definition) is 6. The van der Waals surface area contributed by atoms with Crippen LogP contribution < -0.4 is 14.8 Å². The van der Waals surface area contributed by atoms with Crippen LogP contribution in [-0.2, 0) is 20.8 Å². The van der Waals surface area contributed by atoms with Gasteiger partial charge in [0.1, 0.15) is 0 Å². The monoisotopic (exact) mass is 442 g/mol. The van der Waals surface area contributed by atoms with Gasteiger partial charge < -0.3 is 24.3 Å². The third-order valence-corrected chi connectivity index (χ3v) is 5.50. The number of hydrogen-bond donors (Lipinski definition) is 1. The van der Waals surface area contributed by atoms with Gasteiger partial charge in [-0.1, -0.05) is 23.8 Å². The second-order valence-electron chi connectivity index (χ2n) is 8.28. The fraction of sp³-hybridized carbons (Fsp3) is 0.480. The van der Waals surface area contributed by atoms with Gasteiger partial charge in [-0.3, -0.25) is 9.69 Å². The number of ether oxygens (including phenoxy) is 4. The summed E-state index contributed by atoms with van der Waals surface area (Å²) in [4.78, 5) is 14.8. The van der Waals surface area contributed by atoms with E-state index in [4.69, 9.17) is 18.9 Å². The fourth-order valence-electron chi connectivity index (χ4n) is 3.94. The molecule has 1 aliphatic rings.